The van der Waals surface area contributed by atoms with Crippen LogP contribution < -0.4 is 9.47 Å². The largest absolute Gasteiger partial charge is 0.454 e. The van der Waals surface area contributed by atoms with Gasteiger partial charge >= 0.3 is 0 Å². The number of fused-ring (bicyclic) bond motifs is 2. The summed E-state index contributed by atoms with van der Waals surface area (Å²) < 4.78 is 24.6. The number of hydrogen-bond donors (Lipinski definition) is 0. The summed E-state index contributed by atoms with van der Waals surface area (Å²) >= 11 is 6.46. The third-order valence-corrected chi connectivity index (χ3v) is 6.45. The molecule has 3 atom stereocenters. The molecule has 0 aromatic heterocycles. The fraction of sp³-hybridized carbons (Fsp3) is 0.429. The molecule has 28 heavy (non-hydrogen) atoms. The van der Waals surface area contributed by atoms with Crippen molar-refractivity contribution >= 4 is 24.0 Å². The summed E-state index contributed by atoms with van der Waals surface area (Å²) in [6.45, 7) is 4.11. The first kappa shape index (κ1) is 19.8. The molecule has 0 spiro atoms. The van der Waals surface area contributed by atoms with Gasteiger partial charge in [0.2, 0.25) is 6.79 Å². The first-order valence-electron chi connectivity index (χ1n) is 9.34. The normalized spacial score (nSPS) is 26.3. The van der Waals surface area contributed by atoms with Crippen molar-refractivity contribution in [1.82, 2.24) is 9.80 Å². The molecule has 2 aromatic rings. The van der Waals surface area contributed by atoms with Crippen LogP contribution in [0.15, 0.2) is 36.4 Å². The first-order valence-corrected chi connectivity index (χ1v) is 9.72. The number of likely N-dealkylation sites (tertiary alicyclic amines) is 2. The number of nitrogens with zero attached hydrogens (tertiary/aromatic N) is 2. The third kappa shape index (κ3) is 3.45. The van der Waals surface area contributed by atoms with Gasteiger partial charge in [0.1, 0.15) is 5.82 Å². The van der Waals surface area contributed by atoms with Gasteiger partial charge in [-0.2, -0.15) is 0 Å². The molecule has 5 rings (SSSR count). The Morgan fingerprint density at radius 1 is 1.11 bits per heavy atom. The van der Waals surface area contributed by atoms with E-state index in [1.54, 1.807) is 6.07 Å². The summed E-state index contributed by atoms with van der Waals surface area (Å²) in [5.41, 5.74) is 2.14. The fourth-order valence-corrected chi connectivity index (χ4v) is 5.21. The molecule has 7 heteroatoms. The summed E-state index contributed by atoms with van der Waals surface area (Å²) in [5, 5.41) is 0.718. The molecule has 0 amide bonds. The average molecular weight is 425 g/mol. The summed E-state index contributed by atoms with van der Waals surface area (Å²) in [7, 11) is 2.15. The maximum absolute atomic E-state index is 13.7. The molecule has 0 radical (unpaired) electrons. The maximum Gasteiger partial charge on any atom is 0.231 e. The van der Waals surface area contributed by atoms with Gasteiger partial charge in [0, 0.05) is 43.3 Å². The Balaban J connectivity index is 0.00000192. The predicted octanol–water partition coefficient (Wildman–Crippen LogP) is 4.36. The zero-order valence-electron chi connectivity index (χ0n) is 15.6. The molecule has 2 aromatic carbocycles. The van der Waals surface area contributed by atoms with Crippen molar-refractivity contribution in [1.29, 1.82) is 0 Å². The third-order valence-electron chi connectivity index (χ3n) is 6.10. The highest BCUT2D eigenvalue weighted by molar-refractivity contribution is 6.31. The minimum absolute atomic E-state index is 0. The van der Waals surface area contributed by atoms with Gasteiger partial charge in [0.15, 0.2) is 11.5 Å². The molecule has 0 N–H and O–H groups in total. The second-order valence-corrected chi connectivity index (χ2v) is 8.26. The van der Waals surface area contributed by atoms with E-state index in [0.717, 1.165) is 53.8 Å². The van der Waals surface area contributed by atoms with E-state index in [9.17, 15) is 4.39 Å². The number of halogens is 3. The molecule has 150 valence electrons. The smallest absolute Gasteiger partial charge is 0.231 e. The number of ether oxygens (including phenoxy) is 2. The van der Waals surface area contributed by atoms with Crippen LogP contribution in [0, 0.1) is 17.7 Å². The van der Waals surface area contributed by atoms with E-state index in [2.05, 4.69) is 16.8 Å². The number of hydrogen-bond acceptors (Lipinski definition) is 4. The molecule has 2 saturated heterocycles. The quantitative estimate of drug-likeness (QED) is 0.730. The Morgan fingerprint density at radius 3 is 2.68 bits per heavy atom. The Bertz CT molecular complexity index is 881. The van der Waals surface area contributed by atoms with Gasteiger partial charge in [-0.25, -0.2) is 4.39 Å². The standard InChI is InChI=1S/C21H22ClFN2O2.ClH/c1-24-8-15-10-25(9-14-6-19-20(7-18(14)22)27-12-26-19)11-17(15)21(24)13-3-2-4-16(23)5-13;/h2-7,15,17,21H,8-12H2,1H3;1H/t15-,17+,21-;/m0./s1. The molecule has 3 aliphatic rings. The van der Waals surface area contributed by atoms with Gasteiger partial charge in [-0.3, -0.25) is 9.80 Å². The van der Waals surface area contributed by atoms with E-state index in [1.165, 1.54) is 6.07 Å². The monoisotopic (exact) mass is 424 g/mol. The maximum atomic E-state index is 13.7. The first-order chi connectivity index (χ1) is 13.1. The van der Waals surface area contributed by atoms with Crippen LogP contribution in [0.5, 0.6) is 11.5 Å². The van der Waals surface area contributed by atoms with Crippen molar-refractivity contribution < 1.29 is 13.9 Å². The summed E-state index contributed by atoms with van der Waals surface area (Å²) in [5.74, 6) is 2.42. The molecule has 0 aliphatic carbocycles. The molecule has 3 heterocycles. The predicted molar refractivity (Wildman–Crippen MR) is 109 cm³/mol. The summed E-state index contributed by atoms with van der Waals surface area (Å²) in [4.78, 5) is 4.83. The van der Waals surface area contributed by atoms with Crippen molar-refractivity contribution in [3.05, 3.63) is 58.4 Å². The molecular weight excluding hydrogens is 402 g/mol. The lowest BCUT2D eigenvalue weighted by Gasteiger charge is -2.27. The van der Waals surface area contributed by atoms with Crippen LogP contribution in [0.3, 0.4) is 0 Å². The molecular formula is C21H23Cl2FN2O2. The van der Waals surface area contributed by atoms with Gasteiger partial charge in [-0.15, -0.1) is 12.4 Å². The van der Waals surface area contributed by atoms with Gasteiger partial charge in [-0.05, 0) is 48.2 Å². The van der Waals surface area contributed by atoms with Crippen LogP contribution in [0.25, 0.3) is 0 Å². The molecule has 3 aliphatic heterocycles. The zero-order valence-corrected chi connectivity index (χ0v) is 17.2. The minimum atomic E-state index is -0.161. The van der Waals surface area contributed by atoms with Crippen LogP contribution >= 0.6 is 24.0 Å². The van der Waals surface area contributed by atoms with Gasteiger partial charge < -0.3 is 9.47 Å². The molecule has 0 unspecified atom stereocenters. The summed E-state index contributed by atoms with van der Waals surface area (Å²) in [6, 6.07) is 11.2. The van der Waals surface area contributed by atoms with E-state index < -0.39 is 0 Å². The number of rotatable bonds is 3. The summed E-state index contributed by atoms with van der Waals surface area (Å²) in [6.07, 6.45) is 0. The SMILES string of the molecule is CN1C[C@H]2CN(Cc3cc4c(cc3Cl)OCO4)C[C@H]2[C@@H]1c1cccc(F)c1.Cl. The van der Waals surface area contributed by atoms with Crippen LogP contribution in [0.1, 0.15) is 17.2 Å². The van der Waals surface area contributed by atoms with E-state index in [-0.39, 0.29) is 31.1 Å². The Labute approximate surface area is 175 Å². The highest BCUT2D eigenvalue weighted by Crippen LogP contribution is 2.45. The highest BCUT2D eigenvalue weighted by Gasteiger charge is 2.46. The molecule has 2 fully saturated rings. The molecule has 0 bridgehead atoms. The van der Waals surface area contributed by atoms with Crippen molar-refractivity contribution in [2.24, 2.45) is 11.8 Å². The Kier molecular flexibility index (Phi) is 5.45. The van der Waals surface area contributed by atoms with Crippen LogP contribution in [0.4, 0.5) is 4.39 Å². The van der Waals surface area contributed by atoms with E-state index in [1.807, 2.05) is 24.3 Å². The molecule has 0 saturated carbocycles. The van der Waals surface area contributed by atoms with Gasteiger partial charge in [-0.1, -0.05) is 23.7 Å². The van der Waals surface area contributed by atoms with Crippen LogP contribution in [0.2, 0.25) is 5.02 Å². The molecule has 4 nitrogen and oxygen atoms in total. The topological polar surface area (TPSA) is 24.9 Å². The van der Waals surface area contributed by atoms with Gasteiger partial charge in [0.25, 0.3) is 0 Å². The second kappa shape index (κ2) is 7.71. The van der Waals surface area contributed by atoms with Gasteiger partial charge in [0.05, 0.1) is 0 Å². The highest BCUT2D eigenvalue weighted by atomic mass is 35.5. The fourth-order valence-electron chi connectivity index (χ4n) is 4.99. The van der Waals surface area contributed by atoms with Crippen molar-refractivity contribution in [3.8, 4) is 11.5 Å². The van der Waals surface area contributed by atoms with Crippen LogP contribution in [-0.4, -0.2) is 43.3 Å². The lowest BCUT2D eigenvalue weighted by atomic mass is 9.89. The average Bonchev–Trinajstić information content (AvgIpc) is 3.29. The second-order valence-electron chi connectivity index (χ2n) is 7.85. The Hall–Kier alpha value is -1.53. The van der Waals surface area contributed by atoms with E-state index in [0.29, 0.717) is 11.8 Å². The lowest BCUT2D eigenvalue weighted by molar-refractivity contribution is 0.174. The van der Waals surface area contributed by atoms with Crippen molar-refractivity contribution in [2.75, 3.05) is 33.5 Å². The zero-order chi connectivity index (χ0) is 18.5. The van der Waals surface area contributed by atoms with E-state index in [4.69, 9.17) is 21.1 Å². The van der Waals surface area contributed by atoms with Crippen molar-refractivity contribution in [3.63, 3.8) is 0 Å². The van der Waals surface area contributed by atoms with E-state index >= 15 is 0 Å². The van der Waals surface area contributed by atoms with Crippen molar-refractivity contribution in [2.45, 2.75) is 12.6 Å². The van der Waals surface area contributed by atoms with Crippen LogP contribution in [-0.2, 0) is 6.54 Å². The lowest BCUT2D eigenvalue weighted by Crippen LogP contribution is -2.29. The minimum Gasteiger partial charge on any atom is -0.454 e. The number of benzene rings is 2. The Morgan fingerprint density at radius 2 is 1.89 bits per heavy atom.